The number of carboxylic acids is 1. The molecule has 0 aromatic heterocycles. The molecule has 0 bridgehead atoms. The first-order valence-corrected chi connectivity index (χ1v) is 12.8. The van der Waals surface area contributed by atoms with Gasteiger partial charge in [0.05, 0.1) is 12.0 Å². The lowest BCUT2D eigenvalue weighted by molar-refractivity contribution is -0.141. The number of fused-ring (bicyclic) bond motifs is 5. The van der Waals surface area contributed by atoms with Crippen molar-refractivity contribution in [3.63, 3.8) is 0 Å². The number of aliphatic carboxylic acids is 1. The fraction of sp³-hybridized carbons (Fsp3) is 0.889. The lowest BCUT2D eigenvalue weighted by Gasteiger charge is -2.60. The van der Waals surface area contributed by atoms with Crippen LogP contribution in [0.2, 0.25) is 0 Å². The zero-order chi connectivity index (χ0) is 21.7. The van der Waals surface area contributed by atoms with Crippen LogP contribution < -0.4 is 0 Å². The van der Waals surface area contributed by atoms with E-state index in [0.717, 1.165) is 50.4 Å². The first kappa shape index (κ1) is 22.4. The number of allylic oxidation sites excluding steroid dienone is 1. The van der Waals surface area contributed by atoms with E-state index in [4.69, 9.17) is 0 Å². The lowest BCUT2D eigenvalue weighted by Crippen LogP contribution is -2.53. The Morgan fingerprint density at radius 1 is 1.07 bits per heavy atom. The summed E-state index contributed by atoms with van der Waals surface area (Å²) in [6.07, 6.45) is 14.4. The van der Waals surface area contributed by atoms with Crippen molar-refractivity contribution >= 4 is 5.97 Å². The molecule has 0 heterocycles. The predicted molar refractivity (Wildman–Crippen MR) is 121 cm³/mol. The molecule has 8 unspecified atom stereocenters. The van der Waals surface area contributed by atoms with Crippen molar-refractivity contribution in [2.75, 3.05) is 0 Å². The van der Waals surface area contributed by atoms with Crippen LogP contribution in [0.5, 0.6) is 0 Å². The van der Waals surface area contributed by atoms with E-state index in [1.807, 2.05) is 0 Å². The zero-order valence-electron chi connectivity index (χ0n) is 19.7. The molecule has 2 N–H and O–H groups in total. The van der Waals surface area contributed by atoms with Gasteiger partial charge < -0.3 is 10.2 Å². The Morgan fingerprint density at radius 2 is 1.80 bits per heavy atom. The molecule has 0 aromatic rings. The van der Waals surface area contributed by atoms with Crippen LogP contribution in [0, 0.1) is 46.3 Å². The smallest absolute Gasteiger partial charge is 0.310 e. The molecule has 0 spiro atoms. The van der Waals surface area contributed by atoms with Crippen LogP contribution in [0.1, 0.15) is 98.3 Å². The Bertz CT molecular complexity index is 682. The van der Waals surface area contributed by atoms with Crippen molar-refractivity contribution in [3.8, 4) is 0 Å². The Balaban J connectivity index is 1.50. The molecule has 4 aliphatic rings. The van der Waals surface area contributed by atoms with Crippen molar-refractivity contribution in [1.29, 1.82) is 0 Å². The standard InChI is InChI=1S/C27H44O3/c1-17(2)6-5-7-20(25(29)30)18-12-14-26(3)19(16-18)8-9-21-22-10-11-24(28)27(22,4)15-13-23(21)26/h12,17,19-24,28H,5-11,13-16H2,1-4H3,(H,29,30). The molecule has 0 aliphatic heterocycles. The van der Waals surface area contributed by atoms with Crippen LogP contribution in [-0.2, 0) is 4.79 Å². The number of aliphatic hydroxyl groups excluding tert-OH is 1. The number of rotatable bonds is 6. The van der Waals surface area contributed by atoms with Gasteiger partial charge >= 0.3 is 5.97 Å². The average molecular weight is 417 g/mol. The van der Waals surface area contributed by atoms with Gasteiger partial charge in [0.25, 0.3) is 0 Å². The third-order valence-corrected chi connectivity index (χ3v) is 10.3. The molecular weight excluding hydrogens is 372 g/mol. The molecular formula is C27H44O3. The summed E-state index contributed by atoms with van der Waals surface area (Å²) in [5, 5.41) is 20.6. The van der Waals surface area contributed by atoms with E-state index < -0.39 is 5.97 Å². The van der Waals surface area contributed by atoms with Crippen molar-refractivity contribution < 1.29 is 15.0 Å². The van der Waals surface area contributed by atoms with E-state index in [1.165, 1.54) is 37.7 Å². The molecule has 3 fully saturated rings. The Hall–Kier alpha value is -0.830. The van der Waals surface area contributed by atoms with Gasteiger partial charge in [0.15, 0.2) is 0 Å². The molecule has 8 atom stereocenters. The van der Waals surface area contributed by atoms with Crippen LogP contribution in [0.4, 0.5) is 0 Å². The largest absolute Gasteiger partial charge is 0.481 e. The number of carboxylic acid groups (broad SMARTS) is 1. The summed E-state index contributed by atoms with van der Waals surface area (Å²) in [7, 11) is 0. The van der Waals surface area contributed by atoms with Gasteiger partial charge in [-0.2, -0.15) is 0 Å². The summed E-state index contributed by atoms with van der Waals surface area (Å²) >= 11 is 0. The second kappa shape index (κ2) is 8.26. The lowest BCUT2D eigenvalue weighted by atomic mass is 9.45. The summed E-state index contributed by atoms with van der Waals surface area (Å²) in [5.41, 5.74) is 1.69. The molecule has 0 radical (unpaired) electrons. The van der Waals surface area contributed by atoms with Crippen LogP contribution >= 0.6 is 0 Å². The highest BCUT2D eigenvalue weighted by atomic mass is 16.4. The third kappa shape index (κ3) is 3.67. The second-order valence-electron chi connectivity index (χ2n) is 12.2. The van der Waals surface area contributed by atoms with Crippen molar-refractivity contribution in [2.24, 2.45) is 46.3 Å². The van der Waals surface area contributed by atoms with Gasteiger partial charge in [-0.05, 0) is 98.2 Å². The van der Waals surface area contributed by atoms with Crippen molar-refractivity contribution in [1.82, 2.24) is 0 Å². The predicted octanol–water partition coefficient (Wildman–Crippen LogP) is 6.45. The molecule has 0 amide bonds. The minimum atomic E-state index is -0.615. The molecule has 3 saturated carbocycles. The first-order valence-electron chi connectivity index (χ1n) is 12.8. The monoisotopic (exact) mass is 416 g/mol. The zero-order valence-corrected chi connectivity index (χ0v) is 19.7. The second-order valence-corrected chi connectivity index (χ2v) is 12.2. The van der Waals surface area contributed by atoms with Crippen LogP contribution in [0.25, 0.3) is 0 Å². The fourth-order valence-electron chi connectivity index (χ4n) is 8.36. The molecule has 3 heteroatoms. The van der Waals surface area contributed by atoms with Crippen molar-refractivity contribution in [2.45, 2.75) is 104 Å². The third-order valence-electron chi connectivity index (χ3n) is 10.3. The Labute approximate surface area is 183 Å². The van der Waals surface area contributed by atoms with E-state index in [0.29, 0.717) is 23.2 Å². The fourth-order valence-corrected chi connectivity index (χ4v) is 8.36. The van der Waals surface area contributed by atoms with Gasteiger partial charge in [0.2, 0.25) is 0 Å². The molecule has 0 aromatic carbocycles. The number of aliphatic hydroxyl groups is 1. The van der Waals surface area contributed by atoms with E-state index in [2.05, 4.69) is 33.8 Å². The first-order chi connectivity index (χ1) is 14.2. The molecule has 30 heavy (non-hydrogen) atoms. The highest BCUT2D eigenvalue weighted by Crippen LogP contribution is 2.66. The molecule has 3 nitrogen and oxygen atoms in total. The van der Waals surface area contributed by atoms with E-state index in [-0.39, 0.29) is 17.4 Å². The molecule has 170 valence electrons. The maximum Gasteiger partial charge on any atom is 0.310 e. The van der Waals surface area contributed by atoms with Crippen molar-refractivity contribution in [3.05, 3.63) is 11.6 Å². The summed E-state index contributed by atoms with van der Waals surface area (Å²) in [6, 6.07) is 0. The summed E-state index contributed by atoms with van der Waals surface area (Å²) in [4.78, 5) is 12.1. The summed E-state index contributed by atoms with van der Waals surface area (Å²) < 4.78 is 0. The van der Waals surface area contributed by atoms with Gasteiger partial charge in [0.1, 0.15) is 0 Å². The van der Waals surface area contributed by atoms with E-state index in [1.54, 1.807) is 0 Å². The minimum Gasteiger partial charge on any atom is -0.481 e. The Kier molecular flexibility index (Phi) is 6.16. The van der Waals surface area contributed by atoms with Gasteiger partial charge in [-0.1, -0.05) is 52.2 Å². The van der Waals surface area contributed by atoms with E-state index >= 15 is 0 Å². The van der Waals surface area contributed by atoms with E-state index in [9.17, 15) is 15.0 Å². The van der Waals surface area contributed by atoms with Gasteiger partial charge in [-0.15, -0.1) is 0 Å². The Morgan fingerprint density at radius 3 is 2.50 bits per heavy atom. The maximum atomic E-state index is 12.1. The van der Waals surface area contributed by atoms with Crippen LogP contribution in [0.15, 0.2) is 11.6 Å². The topological polar surface area (TPSA) is 57.5 Å². The van der Waals surface area contributed by atoms with Gasteiger partial charge in [-0.25, -0.2) is 0 Å². The quantitative estimate of drug-likeness (QED) is 0.489. The SMILES string of the molecule is CC(C)CCCC(C(=O)O)C1=CCC2(C)C(CCC3C4CCC(O)C4(C)CCC32)C1. The number of carbonyl (C=O) groups is 1. The van der Waals surface area contributed by atoms with Crippen LogP contribution in [-0.4, -0.2) is 22.3 Å². The van der Waals surface area contributed by atoms with Gasteiger partial charge in [0, 0.05) is 0 Å². The summed E-state index contributed by atoms with van der Waals surface area (Å²) in [5.74, 6) is 2.60. The highest BCUT2D eigenvalue weighted by molar-refractivity contribution is 5.73. The average Bonchev–Trinajstić information content (AvgIpc) is 2.99. The molecule has 4 aliphatic carbocycles. The highest BCUT2D eigenvalue weighted by Gasteiger charge is 2.59. The van der Waals surface area contributed by atoms with Crippen LogP contribution in [0.3, 0.4) is 0 Å². The minimum absolute atomic E-state index is 0.103. The van der Waals surface area contributed by atoms with Gasteiger partial charge in [-0.3, -0.25) is 4.79 Å². The number of hydrogen-bond acceptors (Lipinski definition) is 2. The normalized spacial score (nSPS) is 44.1. The molecule has 0 saturated heterocycles. The summed E-state index contributed by atoms with van der Waals surface area (Å²) in [6.45, 7) is 9.31. The number of hydrogen-bond donors (Lipinski definition) is 2. The molecule has 4 rings (SSSR count). The maximum absolute atomic E-state index is 12.1.